The number of ether oxygens (including phenoxy) is 1. The van der Waals surface area contributed by atoms with E-state index in [-0.39, 0.29) is 6.61 Å². The summed E-state index contributed by atoms with van der Waals surface area (Å²) < 4.78 is 17.3. The molecule has 0 aliphatic carbocycles. The van der Waals surface area contributed by atoms with Gasteiger partial charge in [-0.1, -0.05) is 18.2 Å². The summed E-state index contributed by atoms with van der Waals surface area (Å²) in [6.07, 6.45) is 0. The number of fused-ring (bicyclic) bond motifs is 1. The van der Waals surface area contributed by atoms with Crippen molar-refractivity contribution in [3.8, 4) is 5.75 Å². The smallest absolute Gasteiger partial charge is 0.334 e. The topological polar surface area (TPSA) is 130 Å². The van der Waals surface area contributed by atoms with Crippen LogP contribution >= 0.6 is 0 Å². The molecule has 2 heterocycles. The van der Waals surface area contributed by atoms with Gasteiger partial charge < -0.3 is 20.1 Å². The lowest BCUT2D eigenvalue weighted by Gasteiger charge is -2.50. The molecule has 0 spiro atoms. The van der Waals surface area contributed by atoms with Gasteiger partial charge in [-0.3, -0.25) is 18.6 Å². The first-order chi connectivity index (χ1) is 11.9. The predicted molar refractivity (Wildman–Crippen MR) is 83.9 cm³/mol. The number of nitrogens with one attached hydrogen (secondary N) is 1. The normalized spacial score (nSPS) is 27.9. The minimum absolute atomic E-state index is 0.353. The highest BCUT2D eigenvalue weighted by Gasteiger charge is 2.60. The van der Waals surface area contributed by atoms with Crippen LogP contribution in [0, 0.1) is 0 Å². The van der Waals surface area contributed by atoms with Gasteiger partial charge in [-0.15, -0.1) is 0 Å². The summed E-state index contributed by atoms with van der Waals surface area (Å²) in [6.45, 7) is -0.353. The Hall–Kier alpha value is -2.75. The molecule has 2 fully saturated rings. The van der Waals surface area contributed by atoms with Gasteiger partial charge in [0.2, 0.25) is 5.91 Å². The van der Waals surface area contributed by atoms with E-state index in [2.05, 4.69) is 5.32 Å². The number of carboxylic acid groups (broad SMARTS) is 1. The molecular weight excluding hydrogens is 352 g/mol. The van der Waals surface area contributed by atoms with Crippen LogP contribution in [0.1, 0.15) is 0 Å². The molecule has 0 saturated carbocycles. The van der Waals surface area contributed by atoms with Crippen LogP contribution in [0.4, 0.5) is 0 Å². The molecule has 9 nitrogen and oxygen atoms in total. The van der Waals surface area contributed by atoms with Crippen molar-refractivity contribution in [3.63, 3.8) is 0 Å². The third-order valence-electron chi connectivity index (χ3n) is 3.88. The Morgan fingerprint density at radius 1 is 1.28 bits per heavy atom. The Labute approximate surface area is 144 Å². The fraction of sp³-hybridized carbons (Fsp3) is 0.333. The van der Waals surface area contributed by atoms with Gasteiger partial charge in [0.1, 0.15) is 17.2 Å². The van der Waals surface area contributed by atoms with Crippen molar-refractivity contribution in [2.75, 3.05) is 12.4 Å². The third-order valence-corrected chi connectivity index (χ3v) is 5.49. The number of nitrogens with zero attached hydrogens (tertiary/aromatic N) is 1. The molecule has 0 aromatic heterocycles. The van der Waals surface area contributed by atoms with Crippen LogP contribution in [-0.2, 0) is 30.0 Å². The maximum Gasteiger partial charge on any atom is 0.334 e. The lowest BCUT2D eigenvalue weighted by molar-refractivity contribution is -0.165. The average molecular weight is 366 g/mol. The summed E-state index contributed by atoms with van der Waals surface area (Å²) in [6, 6.07) is 5.79. The van der Waals surface area contributed by atoms with Crippen molar-refractivity contribution >= 4 is 34.4 Å². The molecule has 4 atom stereocenters. The first-order valence-electron chi connectivity index (χ1n) is 7.32. The second kappa shape index (κ2) is 6.63. The Morgan fingerprint density at radius 2 is 1.96 bits per heavy atom. The number of carbonyl (C=O) groups excluding carboxylic acids is 3. The van der Waals surface area contributed by atoms with Crippen LogP contribution in [0.5, 0.6) is 5.75 Å². The van der Waals surface area contributed by atoms with Gasteiger partial charge in [0, 0.05) is 0 Å². The highest BCUT2D eigenvalue weighted by molar-refractivity contribution is 7.86. The number of carbonyl (C=O) groups is 4. The molecular formula is C15H14N2O7S. The van der Waals surface area contributed by atoms with Gasteiger partial charge in [-0.05, 0) is 12.1 Å². The van der Waals surface area contributed by atoms with E-state index in [0.29, 0.717) is 5.75 Å². The van der Waals surface area contributed by atoms with Crippen molar-refractivity contribution in [3.05, 3.63) is 30.3 Å². The quantitative estimate of drug-likeness (QED) is 0.479. The number of rotatable bonds is 5. The van der Waals surface area contributed by atoms with Gasteiger partial charge in [0.05, 0.1) is 16.6 Å². The summed E-state index contributed by atoms with van der Waals surface area (Å²) in [5.41, 5.74) is 0. The Kier molecular flexibility index (Phi) is 4.53. The largest absolute Gasteiger partial charge is 0.484 e. The van der Waals surface area contributed by atoms with E-state index < -0.39 is 57.6 Å². The molecule has 10 heteroatoms. The average Bonchev–Trinajstić information content (AvgIpc) is 2.58. The zero-order chi connectivity index (χ0) is 18.1. The van der Waals surface area contributed by atoms with E-state index in [9.17, 15) is 23.4 Å². The predicted octanol–water partition coefficient (Wildman–Crippen LogP) is -1.50. The molecule has 2 saturated heterocycles. The van der Waals surface area contributed by atoms with Crippen molar-refractivity contribution in [2.24, 2.45) is 0 Å². The highest BCUT2D eigenvalue weighted by Crippen LogP contribution is 2.30. The molecule has 1 aromatic rings. The third kappa shape index (κ3) is 3.12. The van der Waals surface area contributed by atoms with Crippen molar-refractivity contribution in [1.82, 2.24) is 10.2 Å². The number of hydrogen-bond donors (Lipinski definition) is 2. The standard InChI is InChI=1S/C15H14N2O7S/c18-9-7-25(23)14-11(13(20)17(14)12(9)15(21)22)16-10(19)6-24-8-4-2-1-3-5-8/h1-5,11-12,14H,6-7H2,(H,16,19)(H,21,22)/t11?,12?,14-,25-/m0/s1. The minimum Gasteiger partial charge on any atom is -0.484 e. The Bertz CT molecular complexity index is 766. The SMILES string of the molecule is O=C(COc1ccccc1)NC1C(=O)N2C(C(=O)O)C(=O)C[S@](=O)[C@@H]12. The second-order valence-corrected chi connectivity index (χ2v) is 7.05. The molecule has 132 valence electrons. The number of ketones is 1. The number of para-hydroxylation sites is 1. The maximum atomic E-state index is 12.1. The summed E-state index contributed by atoms with van der Waals surface area (Å²) in [5.74, 6) is -3.60. The van der Waals surface area contributed by atoms with E-state index >= 15 is 0 Å². The summed E-state index contributed by atoms with van der Waals surface area (Å²) in [5, 5.41) is 10.5. The lowest BCUT2D eigenvalue weighted by atomic mass is 10.0. The van der Waals surface area contributed by atoms with E-state index in [1.54, 1.807) is 30.3 Å². The molecule has 2 unspecified atom stereocenters. The molecule has 2 amide bonds. The summed E-state index contributed by atoms with van der Waals surface area (Å²) in [7, 11) is -1.77. The zero-order valence-electron chi connectivity index (χ0n) is 12.8. The lowest BCUT2D eigenvalue weighted by Crippen LogP contribution is -2.79. The first-order valence-corrected chi connectivity index (χ1v) is 8.70. The number of amides is 2. The second-order valence-electron chi connectivity index (χ2n) is 5.52. The van der Waals surface area contributed by atoms with E-state index in [1.807, 2.05) is 0 Å². The van der Waals surface area contributed by atoms with Crippen molar-refractivity contribution in [2.45, 2.75) is 17.5 Å². The fourth-order valence-electron chi connectivity index (χ4n) is 2.77. The minimum atomic E-state index is -1.77. The van der Waals surface area contributed by atoms with Gasteiger partial charge >= 0.3 is 5.97 Å². The van der Waals surface area contributed by atoms with E-state index in [1.165, 1.54) is 0 Å². The molecule has 0 radical (unpaired) electrons. The number of β-lactam (4-membered cyclic amide) rings is 1. The number of benzene rings is 1. The van der Waals surface area contributed by atoms with Crippen molar-refractivity contribution in [1.29, 1.82) is 0 Å². The summed E-state index contributed by atoms with van der Waals surface area (Å²) >= 11 is 0. The fourth-order valence-corrected chi connectivity index (χ4v) is 4.35. The first kappa shape index (κ1) is 17.1. The van der Waals surface area contributed by atoms with Crippen LogP contribution in [0.25, 0.3) is 0 Å². The highest BCUT2D eigenvalue weighted by atomic mass is 32.2. The van der Waals surface area contributed by atoms with Gasteiger partial charge in [0.25, 0.3) is 5.91 Å². The molecule has 2 N–H and O–H groups in total. The zero-order valence-corrected chi connectivity index (χ0v) is 13.6. The molecule has 1 aromatic carbocycles. The molecule has 3 rings (SSSR count). The van der Waals surface area contributed by atoms with Gasteiger partial charge in [0.15, 0.2) is 18.4 Å². The van der Waals surface area contributed by atoms with Gasteiger partial charge in [-0.2, -0.15) is 0 Å². The number of hydrogen-bond acceptors (Lipinski definition) is 6. The van der Waals surface area contributed by atoms with Crippen LogP contribution in [0.2, 0.25) is 0 Å². The van der Waals surface area contributed by atoms with Gasteiger partial charge in [-0.25, -0.2) is 4.79 Å². The number of aliphatic carboxylic acids is 1. The molecule has 2 aliphatic rings. The molecule has 0 bridgehead atoms. The van der Waals surface area contributed by atoms with E-state index in [0.717, 1.165) is 4.90 Å². The number of Topliss-reactive ketones (excluding diaryl/α,β-unsaturated/α-hetero) is 1. The Morgan fingerprint density at radius 3 is 2.60 bits per heavy atom. The van der Waals surface area contributed by atoms with E-state index in [4.69, 9.17) is 9.84 Å². The van der Waals surface area contributed by atoms with Crippen molar-refractivity contribution < 1.29 is 33.2 Å². The van der Waals surface area contributed by atoms with Crippen LogP contribution < -0.4 is 10.1 Å². The molecule has 2 aliphatic heterocycles. The monoisotopic (exact) mass is 366 g/mol. The number of carboxylic acids is 1. The van der Waals surface area contributed by atoms with Crippen LogP contribution in [0.3, 0.4) is 0 Å². The van der Waals surface area contributed by atoms with Crippen LogP contribution in [0.15, 0.2) is 30.3 Å². The molecule has 25 heavy (non-hydrogen) atoms. The maximum absolute atomic E-state index is 12.1. The van der Waals surface area contributed by atoms with Crippen LogP contribution in [-0.4, -0.2) is 67.6 Å². The summed E-state index contributed by atoms with van der Waals surface area (Å²) in [4.78, 5) is 47.7. The Balaban J connectivity index is 1.63.